The molecule has 23 heavy (non-hydrogen) atoms. The van der Waals surface area contributed by atoms with Crippen LogP contribution in [0.3, 0.4) is 0 Å². The number of nitrogens with one attached hydrogen (secondary N) is 1. The Morgan fingerprint density at radius 1 is 1.04 bits per heavy atom. The Morgan fingerprint density at radius 3 is 2.61 bits per heavy atom. The standard InChI is InChI=1S/C18H21FN4/c19-14-6-4-13(5-7-14)15-10-16(15)22-17-11-18(21-12-20-17)23-8-2-1-3-9-23/h4-7,11-12,15-16H,1-3,8-10H2,(H,20,21,22)/t15-,16+/m0/s1. The summed E-state index contributed by atoms with van der Waals surface area (Å²) in [7, 11) is 0. The van der Waals surface area contributed by atoms with Crippen molar-refractivity contribution in [1.29, 1.82) is 0 Å². The molecule has 1 saturated heterocycles. The van der Waals surface area contributed by atoms with Crippen LogP contribution < -0.4 is 10.2 Å². The van der Waals surface area contributed by atoms with Gasteiger partial charge in [0.15, 0.2) is 0 Å². The molecular formula is C18H21FN4. The molecule has 1 aromatic carbocycles. The van der Waals surface area contributed by atoms with E-state index in [-0.39, 0.29) is 5.82 Å². The zero-order chi connectivity index (χ0) is 15.6. The van der Waals surface area contributed by atoms with Gasteiger partial charge in [-0.3, -0.25) is 0 Å². The molecule has 120 valence electrons. The minimum Gasteiger partial charge on any atom is -0.367 e. The Hall–Kier alpha value is -2.17. The fourth-order valence-corrected chi connectivity index (χ4v) is 3.34. The third-order valence-electron chi connectivity index (χ3n) is 4.75. The number of anilines is 2. The minimum absolute atomic E-state index is 0.180. The molecule has 1 N–H and O–H groups in total. The Morgan fingerprint density at radius 2 is 1.83 bits per heavy atom. The van der Waals surface area contributed by atoms with Gasteiger partial charge in [-0.1, -0.05) is 12.1 Å². The topological polar surface area (TPSA) is 41.0 Å². The summed E-state index contributed by atoms with van der Waals surface area (Å²) in [5.41, 5.74) is 1.19. The Bertz CT molecular complexity index is 667. The van der Waals surface area contributed by atoms with E-state index < -0.39 is 0 Å². The van der Waals surface area contributed by atoms with Crippen LogP contribution in [0.15, 0.2) is 36.7 Å². The van der Waals surface area contributed by atoms with Crippen molar-refractivity contribution in [3.05, 3.63) is 48.0 Å². The van der Waals surface area contributed by atoms with E-state index in [4.69, 9.17) is 0 Å². The maximum Gasteiger partial charge on any atom is 0.134 e. The predicted molar refractivity (Wildman–Crippen MR) is 89.3 cm³/mol. The average molecular weight is 312 g/mol. The second kappa shape index (κ2) is 6.14. The number of rotatable bonds is 4. The van der Waals surface area contributed by atoms with E-state index in [1.165, 1.54) is 37.0 Å². The first-order valence-electron chi connectivity index (χ1n) is 8.38. The number of aromatic nitrogens is 2. The maximum absolute atomic E-state index is 13.0. The Balaban J connectivity index is 1.41. The highest BCUT2D eigenvalue weighted by Crippen LogP contribution is 2.42. The van der Waals surface area contributed by atoms with Crippen molar-refractivity contribution in [1.82, 2.24) is 9.97 Å². The van der Waals surface area contributed by atoms with Crippen molar-refractivity contribution in [3.63, 3.8) is 0 Å². The smallest absolute Gasteiger partial charge is 0.134 e. The van der Waals surface area contributed by atoms with Crippen LogP contribution >= 0.6 is 0 Å². The molecule has 0 radical (unpaired) electrons. The summed E-state index contributed by atoms with van der Waals surface area (Å²) in [5.74, 6) is 2.17. The second-order valence-corrected chi connectivity index (χ2v) is 6.45. The molecule has 1 aliphatic heterocycles. The van der Waals surface area contributed by atoms with Crippen LogP contribution in [0.5, 0.6) is 0 Å². The molecule has 5 heteroatoms. The quantitative estimate of drug-likeness (QED) is 0.937. The van der Waals surface area contributed by atoms with Gasteiger partial charge < -0.3 is 10.2 Å². The highest BCUT2D eigenvalue weighted by molar-refractivity contribution is 5.50. The van der Waals surface area contributed by atoms with Gasteiger partial charge in [-0.15, -0.1) is 0 Å². The first kappa shape index (κ1) is 14.4. The number of hydrogen-bond acceptors (Lipinski definition) is 4. The molecule has 1 aliphatic carbocycles. The monoisotopic (exact) mass is 312 g/mol. The third-order valence-corrected chi connectivity index (χ3v) is 4.75. The molecule has 0 amide bonds. The molecule has 1 aromatic heterocycles. The molecule has 4 rings (SSSR count). The summed E-state index contributed by atoms with van der Waals surface area (Å²) in [6.07, 6.45) is 6.49. The van der Waals surface area contributed by atoms with Gasteiger partial charge in [-0.25, -0.2) is 14.4 Å². The van der Waals surface area contributed by atoms with Crippen molar-refractivity contribution < 1.29 is 4.39 Å². The summed E-state index contributed by atoms with van der Waals surface area (Å²) < 4.78 is 13.0. The van der Waals surface area contributed by atoms with Gasteiger partial charge in [0.1, 0.15) is 23.8 Å². The highest BCUT2D eigenvalue weighted by Gasteiger charge is 2.38. The fourth-order valence-electron chi connectivity index (χ4n) is 3.34. The summed E-state index contributed by atoms with van der Waals surface area (Å²) in [6, 6.07) is 9.24. The van der Waals surface area contributed by atoms with Gasteiger partial charge >= 0.3 is 0 Å². The molecule has 0 bridgehead atoms. The van der Waals surface area contributed by atoms with Crippen LogP contribution in [0.25, 0.3) is 0 Å². The summed E-state index contributed by atoms with van der Waals surface area (Å²) in [6.45, 7) is 2.16. The van der Waals surface area contributed by atoms with Crippen LogP contribution in [-0.2, 0) is 0 Å². The lowest BCUT2D eigenvalue weighted by molar-refractivity contribution is 0.573. The largest absolute Gasteiger partial charge is 0.367 e. The van der Waals surface area contributed by atoms with E-state index in [1.807, 2.05) is 18.2 Å². The number of benzene rings is 1. The zero-order valence-corrected chi connectivity index (χ0v) is 13.1. The molecule has 0 unspecified atom stereocenters. The van der Waals surface area contributed by atoms with E-state index in [0.717, 1.165) is 31.1 Å². The molecule has 0 spiro atoms. The summed E-state index contributed by atoms with van der Waals surface area (Å²) in [4.78, 5) is 11.1. The molecule has 2 fully saturated rings. The first-order chi connectivity index (χ1) is 11.3. The van der Waals surface area contributed by atoms with E-state index in [2.05, 4.69) is 20.2 Å². The van der Waals surface area contributed by atoms with Crippen LogP contribution in [-0.4, -0.2) is 29.1 Å². The van der Waals surface area contributed by atoms with Gasteiger partial charge in [-0.2, -0.15) is 0 Å². The van der Waals surface area contributed by atoms with Crippen molar-refractivity contribution in [2.24, 2.45) is 0 Å². The average Bonchev–Trinajstić information content (AvgIpc) is 3.36. The Kier molecular flexibility index (Phi) is 3.85. The summed E-state index contributed by atoms with van der Waals surface area (Å²) in [5, 5.41) is 3.49. The highest BCUT2D eigenvalue weighted by atomic mass is 19.1. The molecule has 4 nitrogen and oxygen atoms in total. The van der Waals surface area contributed by atoms with Gasteiger partial charge in [0.25, 0.3) is 0 Å². The third kappa shape index (κ3) is 3.28. The van der Waals surface area contributed by atoms with Gasteiger partial charge in [0.2, 0.25) is 0 Å². The molecule has 1 saturated carbocycles. The molecule has 2 aliphatic rings. The maximum atomic E-state index is 13.0. The van der Waals surface area contributed by atoms with Crippen molar-refractivity contribution in [3.8, 4) is 0 Å². The van der Waals surface area contributed by atoms with E-state index in [9.17, 15) is 4.39 Å². The van der Waals surface area contributed by atoms with Crippen LogP contribution in [0.4, 0.5) is 16.0 Å². The van der Waals surface area contributed by atoms with Gasteiger partial charge in [0.05, 0.1) is 0 Å². The lowest BCUT2D eigenvalue weighted by atomic mass is 10.1. The lowest BCUT2D eigenvalue weighted by Gasteiger charge is -2.27. The molecule has 2 heterocycles. The normalized spacial score (nSPS) is 23.6. The van der Waals surface area contributed by atoms with Crippen molar-refractivity contribution in [2.45, 2.75) is 37.6 Å². The van der Waals surface area contributed by atoms with Crippen LogP contribution in [0.2, 0.25) is 0 Å². The van der Waals surface area contributed by atoms with Crippen LogP contribution in [0.1, 0.15) is 37.2 Å². The Labute approximate surface area is 135 Å². The van der Waals surface area contributed by atoms with Crippen molar-refractivity contribution in [2.75, 3.05) is 23.3 Å². The zero-order valence-electron chi connectivity index (χ0n) is 13.1. The number of nitrogens with zero attached hydrogens (tertiary/aromatic N) is 3. The minimum atomic E-state index is -0.180. The van der Waals surface area contributed by atoms with Gasteiger partial charge in [-0.05, 0) is 43.4 Å². The number of hydrogen-bond donors (Lipinski definition) is 1. The molecular weight excluding hydrogens is 291 g/mol. The van der Waals surface area contributed by atoms with E-state index in [0.29, 0.717) is 12.0 Å². The molecule has 2 atom stereocenters. The number of piperidine rings is 1. The lowest BCUT2D eigenvalue weighted by Crippen LogP contribution is -2.30. The van der Waals surface area contributed by atoms with E-state index in [1.54, 1.807) is 6.33 Å². The second-order valence-electron chi connectivity index (χ2n) is 6.45. The predicted octanol–water partition coefficient (Wildman–Crippen LogP) is 3.57. The van der Waals surface area contributed by atoms with Gasteiger partial charge in [0, 0.05) is 31.1 Å². The number of halogens is 1. The summed E-state index contributed by atoms with van der Waals surface area (Å²) >= 11 is 0. The fraction of sp³-hybridized carbons (Fsp3) is 0.444. The molecule has 2 aromatic rings. The van der Waals surface area contributed by atoms with Crippen LogP contribution in [0, 0.1) is 5.82 Å². The van der Waals surface area contributed by atoms with E-state index >= 15 is 0 Å². The first-order valence-corrected chi connectivity index (χ1v) is 8.38. The van der Waals surface area contributed by atoms with Crippen molar-refractivity contribution >= 4 is 11.6 Å². The SMILES string of the molecule is Fc1ccc([C@@H]2C[C@H]2Nc2cc(N3CCCCC3)ncn2)cc1.